The summed E-state index contributed by atoms with van der Waals surface area (Å²) in [7, 11) is 4.27. The number of alkyl halides is 2. The third kappa shape index (κ3) is 24.0. The molecule has 2 unspecified atom stereocenters. The number of Topliss-reactive ketones (excluding diaryl/α,β-unsaturated/α-hetero) is 7. The highest BCUT2D eigenvalue weighted by Crippen LogP contribution is 2.51. The zero-order valence-electron chi connectivity index (χ0n) is 71.6. The van der Waals surface area contributed by atoms with Gasteiger partial charge in [-0.2, -0.15) is 0 Å². The first-order valence-corrected chi connectivity index (χ1v) is 40.8. The number of piperidine rings is 2. The Labute approximate surface area is 629 Å². The Kier molecular flexibility index (Phi) is 38.4. The van der Waals surface area contributed by atoms with E-state index in [1.54, 1.807) is 0 Å². The first-order valence-electron chi connectivity index (χ1n) is 40.8. The number of nitrogens with zero attached hydrogens (tertiary/aromatic N) is 2. The molecule has 14 heteroatoms. The number of ether oxygens (including phenoxy) is 3. The molecule has 0 amide bonds. The third-order valence-electron chi connectivity index (χ3n) is 25.8. The molecule has 5 aliphatic heterocycles. The minimum absolute atomic E-state index is 0.0410. The molecule has 12 nitrogen and oxygen atoms in total. The van der Waals surface area contributed by atoms with E-state index in [9.17, 15) is 42.3 Å². The molecule has 1 aromatic rings. The van der Waals surface area contributed by atoms with E-state index in [1.165, 1.54) is 11.1 Å². The lowest BCUT2D eigenvalue weighted by Gasteiger charge is -2.44. The van der Waals surface area contributed by atoms with Crippen LogP contribution in [-0.4, -0.2) is 136 Å². The quantitative estimate of drug-likeness (QED) is 0.115. The average Bonchev–Trinajstić information content (AvgIpc) is 1.68. The summed E-state index contributed by atoms with van der Waals surface area (Å²) in [5, 5.41) is 0. The van der Waals surface area contributed by atoms with E-state index in [4.69, 9.17) is 14.2 Å². The molecule has 0 bridgehead atoms. The molecule has 1 saturated carbocycles. The number of hydrogen-bond donors (Lipinski definition) is 0. The van der Waals surface area contributed by atoms with Gasteiger partial charge < -0.3 is 24.0 Å². The highest BCUT2D eigenvalue weighted by Gasteiger charge is 2.52. The lowest BCUT2D eigenvalue weighted by atomic mass is 9.62. The molecule has 103 heavy (non-hydrogen) atoms. The van der Waals surface area contributed by atoms with Crippen LogP contribution in [0.3, 0.4) is 0 Å². The van der Waals surface area contributed by atoms with E-state index in [0.717, 1.165) is 110 Å². The van der Waals surface area contributed by atoms with Crippen LogP contribution in [0.5, 0.6) is 0 Å². The van der Waals surface area contributed by atoms with Crippen molar-refractivity contribution in [3.8, 4) is 0 Å². The highest BCUT2D eigenvalue weighted by molar-refractivity contribution is 5.90. The Bertz CT molecular complexity index is 2700. The SMILES string of the molecule is CC(C)C(=O)C1(C(C)C)CCC(F)(F)CC1.CC(C)C(=O)C1(C(C)C)CCCN(C)C1.CC(C)C(=O)C1(C(C)C)CCCOC1.CC(C)C(=O)C1(C(C)C)CCN(C)CC1.CC(C)C(=O)C1(C(C)C)CCOCC1.CC(C)C(=O)C1(C(C)C)COC1.CC(C)C(=O)C1(C(C)C)Cc2ccccc2C1. The van der Waals surface area contributed by atoms with E-state index >= 15 is 0 Å². The van der Waals surface area contributed by atoms with Gasteiger partial charge in [-0.15, -0.1) is 0 Å². The summed E-state index contributed by atoms with van der Waals surface area (Å²) < 4.78 is 42.3. The molecule has 6 fully saturated rings. The first-order chi connectivity index (χ1) is 47.5. The lowest BCUT2D eigenvalue weighted by molar-refractivity contribution is -0.172. The molecular formula is C89H156F2N2O10. The Morgan fingerprint density at radius 2 is 0.612 bits per heavy atom. The molecule has 7 aliphatic rings. The summed E-state index contributed by atoms with van der Waals surface area (Å²) >= 11 is 0. The van der Waals surface area contributed by atoms with E-state index in [1.807, 2.05) is 111 Å². The molecule has 8 rings (SSSR count). The third-order valence-corrected chi connectivity index (χ3v) is 25.8. The fourth-order valence-electron chi connectivity index (χ4n) is 17.8. The van der Waals surface area contributed by atoms with Gasteiger partial charge in [-0.05, 0) is 163 Å². The zero-order chi connectivity index (χ0) is 79.4. The van der Waals surface area contributed by atoms with E-state index in [2.05, 4.69) is 131 Å². The first kappa shape index (κ1) is 95.6. The van der Waals surface area contributed by atoms with Crippen molar-refractivity contribution >= 4 is 40.5 Å². The highest BCUT2D eigenvalue weighted by atomic mass is 19.3. The number of halogens is 2. The normalized spacial score (nSPS) is 23.3. The molecule has 0 aromatic heterocycles. The Morgan fingerprint density at radius 3 is 0.913 bits per heavy atom. The second-order valence-corrected chi connectivity index (χ2v) is 37.2. The summed E-state index contributed by atoms with van der Waals surface area (Å²) in [5.74, 6) is 3.68. The fourth-order valence-corrected chi connectivity index (χ4v) is 17.8. The lowest BCUT2D eigenvalue weighted by Crippen LogP contribution is -2.54. The fraction of sp³-hybridized carbons (Fsp3) is 0.854. The van der Waals surface area contributed by atoms with Gasteiger partial charge in [0.1, 0.15) is 40.5 Å². The van der Waals surface area contributed by atoms with Crippen molar-refractivity contribution in [3.63, 3.8) is 0 Å². The van der Waals surface area contributed by atoms with E-state index in [-0.39, 0.29) is 98.5 Å². The monoisotopic (exact) mass is 1450 g/mol. The number of hydrogen-bond acceptors (Lipinski definition) is 12. The van der Waals surface area contributed by atoms with Crippen molar-refractivity contribution in [3.05, 3.63) is 35.4 Å². The number of carbonyl (C=O) groups is 7. The second-order valence-electron chi connectivity index (χ2n) is 37.2. The van der Waals surface area contributed by atoms with Crippen LogP contribution in [0, 0.1) is 121 Å². The van der Waals surface area contributed by atoms with Gasteiger partial charge >= 0.3 is 0 Å². The Hall–Kier alpha value is -3.43. The van der Waals surface area contributed by atoms with Crippen molar-refractivity contribution in [1.29, 1.82) is 0 Å². The van der Waals surface area contributed by atoms with Crippen molar-refractivity contribution in [2.45, 2.75) is 290 Å². The van der Waals surface area contributed by atoms with Gasteiger partial charge in [0.15, 0.2) is 0 Å². The smallest absolute Gasteiger partial charge is 0.248 e. The minimum atomic E-state index is -2.56. The summed E-state index contributed by atoms with van der Waals surface area (Å²) in [5.41, 5.74) is 1.49. The summed E-state index contributed by atoms with van der Waals surface area (Å²) in [6, 6.07) is 8.50. The maximum atomic E-state index is 13.2. The Balaban J connectivity index is 0.000000409. The van der Waals surface area contributed by atoms with Crippen LogP contribution in [0.1, 0.15) is 282 Å². The van der Waals surface area contributed by atoms with Crippen molar-refractivity contribution in [2.75, 3.05) is 79.9 Å². The maximum Gasteiger partial charge on any atom is 0.248 e. The van der Waals surface area contributed by atoms with Gasteiger partial charge in [0.05, 0.1) is 30.7 Å². The van der Waals surface area contributed by atoms with Crippen LogP contribution >= 0.6 is 0 Å². The molecule has 2 aliphatic carbocycles. The molecular weight excluding hydrogens is 1290 g/mol. The molecule has 0 radical (unpaired) electrons. The maximum absolute atomic E-state index is 13.2. The molecule has 5 heterocycles. The Morgan fingerprint density at radius 1 is 0.311 bits per heavy atom. The number of ketones is 7. The largest absolute Gasteiger partial charge is 0.381 e. The van der Waals surface area contributed by atoms with Crippen LogP contribution in [0.2, 0.25) is 0 Å². The van der Waals surface area contributed by atoms with Gasteiger partial charge in [0.2, 0.25) is 5.92 Å². The van der Waals surface area contributed by atoms with Crippen LogP contribution in [0.15, 0.2) is 24.3 Å². The van der Waals surface area contributed by atoms with Crippen LogP contribution in [-0.2, 0) is 60.6 Å². The average molecular weight is 1450 g/mol. The van der Waals surface area contributed by atoms with Gasteiger partial charge in [0, 0.05) is 108 Å². The van der Waals surface area contributed by atoms with Gasteiger partial charge in [-0.25, -0.2) is 8.78 Å². The van der Waals surface area contributed by atoms with Crippen molar-refractivity contribution in [1.82, 2.24) is 9.80 Å². The van der Waals surface area contributed by atoms with Gasteiger partial charge in [-0.3, -0.25) is 33.6 Å². The number of benzene rings is 1. The predicted octanol–water partition coefficient (Wildman–Crippen LogP) is 20.1. The summed E-state index contributed by atoms with van der Waals surface area (Å²) in [6.07, 6.45) is 10.4. The topological polar surface area (TPSA) is 154 Å². The number of rotatable bonds is 21. The summed E-state index contributed by atoms with van der Waals surface area (Å²) in [6.45, 7) is 66.1. The van der Waals surface area contributed by atoms with Crippen molar-refractivity contribution in [2.24, 2.45) is 121 Å². The predicted molar refractivity (Wildman–Crippen MR) is 421 cm³/mol. The molecule has 0 spiro atoms. The molecule has 1 aromatic carbocycles. The number of likely N-dealkylation sites (tertiary alicyclic amines) is 2. The van der Waals surface area contributed by atoms with Gasteiger partial charge in [-0.1, -0.05) is 218 Å². The zero-order valence-corrected chi connectivity index (χ0v) is 71.6. The molecule has 2 atom stereocenters. The minimum Gasteiger partial charge on any atom is -0.381 e. The van der Waals surface area contributed by atoms with Crippen LogP contribution in [0.25, 0.3) is 0 Å². The van der Waals surface area contributed by atoms with Crippen LogP contribution < -0.4 is 0 Å². The number of carbonyl (C=O) groups excluding carboxylic acids is 7. The van der Waals surface area contributed by atoms with E-state index < -0.39 is 11.3 Å². The molecule has 5 saturated heterocycles. The molecule has 0 N–H and O–H groups in total. The molecule has 596 valence electrons. The summed E-state index contributed by atoms with van der Waals surface area (Å²) in [4.78, 5) is 90.4. The number of fused-ring (bicyclic) bond motifs is 1. The standard InChI is InChI=1S/C16H22O.C13H22F2O.2C13H25NO.2C12H22O2.C10H18O2/c1-11(2)15(17)16(12(3)4)9-13-7-5-6-8-14(13)10-16;1-9(2)11(16)12(10(3)4)5-7-13(14,15)8-6-12;1-10(2)12(15)13(11(3)4)6-8-14(5)9-7-13;1-10(2)12(15)13(11(3)4)7-6-8-14(5)9-13;1-9(2)11(13)12(10(3)4)5-7-14-8-6-12;1-9(2)11(13)12(10(3)4)6-5-7-14-8-12;1-7(2)9(11)10(8(3)4)5-12-6-10/h5-8,11-12H,9-10H2,1-4H3;9-10H,5-8H2,1-4H3;2*10-11H,6-9H2,1-5H3;2*9-10H,5-8H2,1-4H3;7-8H,5-6H2,1-4H3. The van der Waals surface area contributed by atoms with Crippen molar-refractivity contribution < 1.29 is 56.6 Å². The second kappa shape index (κ2) is 41.4. The van der Waals surface area contributed by atoms with Crippen LogP contribution in [0.4, 0.5) is 8.78 Å². The van der Waals surface area contributed by atoms with E-state index in [0.29, 0.717) is 103 Å². The van der Waals surface area contributed by atoms with Gasteiger partial charge in [0.25, 0.3) is 0 Å².